The first-order chi connectivity index (χ1) is 8.26. The van der Waals surface area contributed by atoms with Gasteiger partial charge in [-0.15, -0.1) is 11.3 Å². The number of hydrogen-bond donors (Lipinski definition) is 0. The molecule has 0 atom stereocenters. The third kappa shape index (κ3) is 2.34. The maximum absolute atomic E-state index is 13.7. The summed E-state index contributed by atoms with van der Waals surface area (Å²) in [6.07, 6.45) is 2.19. The maximum atomic E-state index is 13.7. The van der Waals surface area contributed by atoms with E-state index in [-0.39, 0.29) is 0 Å². The van der Waals surface area contributed by atoms with E-state index in [1.165, 1.54) is 6.07 Å². The van der Waals surface area contributed by atoms with E-state index in [4.69, 9.17) is 4.74 Å². The van der Waals surface area contributed by atoms with Crippen molar-refractivity contribution < 1.29 is 13.9 Å². The summed E-state index contributed by atoms with van der Waals surface area (Å²) < 4.78 is 19.0. The highest BCUT2D eigenvalue weighted by Crippen LogP contribution is 2.35. The Morgan fingerprint density at radius 3 is 3.06 bits per heavy atom. The Kier molecular flexibility index (Phi) is 3.49. The molecule has 0 aliphatic rings. The zero-order valence-electron chi connectivity index (χ0n) is 9.14. The third-order valence-electron chi connectivity index (χ3n) is 2.11. The fourth-order valence-electron chi connectivity index (χ4n) is 1.44. The molecule has 0 N–H and O–H groups in total. The van der Waals surface area contributed by atoms with Crippen LogP contribution in [0, 0.1) is 5.82 Å². The first-order valence-corrected chi connectivity index (χ1v) is 5.90. The van der Waals surface area contributed by atoms with Crippen molar-refractivity contribution in [2.24, 2.45) is 0 Å². The van der Waals surface area contributed by atoms with Gasteiger partial charge in [-0.1, -0.05) is 0 Å². The average molecular weight is 251 g/mol. The number of pyridine rings is 1. The number of carbonyl (C=O) groups excluding carboxylic acids is 1. The van der Waals surface area contributed by atoms with Crippen LogP contribution < -0.4 is 4.74 Å². The van der Waals surface area contributed by atoms with Crippen LogP contribution in [0.2, 0.25) is 0 Å². The summed E-state index contributed by atoms with van der Waals surface area (Å²) in [4.78, 5) is 15.4. The highest BCUT2D eigenvalue weighted by atomic mass is 32.1. The lowest BCUT2D eigenvalue weighted by molar-refractivity contribution is 0.112. The normalized spacial score (nSPS) is 10.2. The lowest BCUT2D eigenvalue weighted by Crippen LogP contribution is -1.95. The molecule has 2 heterocycles. The Labute approximate surface area is 102 Å². The largest absolute Gasteiger partial charge is 0.492 e. The van der Waals surface area contributed by atoms with Crippen molar-refractivity contribution >= 4 is 17.6 Å². The maximum Gasteiger partial charge on any atom is 0.160 e. The Hall–Kier alpha value is -1.75. The SMILES string of the molecule is CCOc1cccnc1-c1sc(C=O)cc1F. The minimum atomic E-state index is -0.447. The van der Waals surface area contributed by atoms with E-state index >= 15 is 0 Å². The minimum absolute atomic E-state index is 0.330. The lowest BCUT2D eigenvalue weighted by atomic mass is 10.2. The Morgan fingerprint density at radius 1 is 1.59 bits per heavy atom. The summed E-state index contributed by atoms with van der Waals surface area (Å²) in [7, 11) is 0. The standard InChI is InChI=1S/C12H10FNO2S/c1-2-16-10-4-3-5-14-11(10)12-9(13)6-8(7-15)17-12/h3-7H,2H2,1H3. The molecule has 0 saturated heterocycles. The molecule has 5 heteroatoms. The quantitative estimate of drug-likeness (QED) is 0.783. The van der Waals surface area contributed by atoms with E-state index in [2.05, 4.69) is 4.98 Å². The van der Waals surface area contributed by atoms with E-state index < -0.39 is 5.82 Å². The van der Waals surface area contributed by atoms with E-state index in [0.29, 0.717) is 34.1 Å². The summed E-state index contributed by atoms with van der Waals surface area (Å²) in [5.74, 6) is 0.0740. The van der Waals surface area contributed by atoms with E-state index in [1.54, 1.807) is 18.3 Å². The van der Waals surface area contributed by atoms with Crippen molar-refractivity contribution in [3.63, 3.8) is 0 Å². The van der Waals surface area contributed by atoms with Crippen LogP contribution in [0.3, 0.4) is 0 Å². The second-order valence-electron chi connectivity index (χ2n) is 3.23. The molecule has 0 unspecified atom stereocenters. The number of ether oxygens (including phenoxy) is 1. The fourth-order valence-corrected chi connectivity index (χ4v) is 2.29. The van der Waals surface area contributed by atoms with E-state index in [9.17, 15) is 9.18 Å². The van der Waals surface area contributed by atoms with Crippen LogP contribution in [0.25, 0.3) is 10.6 Å². The summed E-state index contributed by atoms with van der Waals surface area (Å²) in [5, 5.41) is 0. The van der Waals surface area contributed by atoms with Crippen LogP contribution >= 0.6 is 11.3 Å². The molecule has 0 fully saturated rings. The molecule has 3 nitrogen and oxygen atoms in total. The molecule has 2 aromatic rings. The van der Waals surface area contributed by atoms with Gasteiger partial charge in [0.05, 0.1) is 16.4 Å². The molecule has 17 heavy (non-hydrogen) atoms. The highest BCUT2D eigenvalue weighted by Gasteiger charge is 2.15. The van der Waals surface area contributed by atoms with Crippen LogP contribution in [0.15, 0.2) is 24.4 Å². The van der Waals surface area contributed by atoms with Gasteiger partial charge in [-0.05, 0) is 25.1 Å². The number of hydrogen-bond acceptors (Lipinski definition) is 4. The van der Waals surface area contributed by atoms with Gasteiger partial charge in [0.25, 0.3) is 0 Å². The van der Waals surface area contributed by atoms with Crippen molar-refractivity contribution in [2.45, 2.75) is 6.92 Å². The number of rotatable bonds is 4. The zero-order chi connectivity index (χ0) is 12.3. The number of aromatic nitrogens is 1. The number of halogens is 1. The molecule has 0 spiro atoms. The van der Waals surface area contributed by atoms with Gasteiger partial charge in [0.2, 0.25) is 0 Å². The number of aldehydes is 1. The summed E-state index contributed by atoms with van der Waals surface area (Å²) in [6.45, 7) is 2.32. The lowest BCUT2D eigenvalue weighted by Gasteiger charge is -2.06. The molecule has 0 aliphatic heterocycles. The molecule has 0 saturated carbocycles. The molecule has 0 aliphatic carbocycles. The molecule has 88 valence electrons. The second kappa shape index (κ2) is 5.05. The molecule has 0 bridgehead atoms. The number of nitrogens with zero attached hydrogens (tertiary/aromatic N) is 1. The van der Waals surface area contributed by atoms with Crippen LogP contribution in [-0.4, -0.2) is 17.9 Å². The first-order valence-electron chi connectivity index (χ1n) is 5.09. The second-order valence-corrected chi connectivity index (χ2v) is 4.31. The average Bonchev–Trinajstić information content (AvgIpc) is 2.72. The van der Waals surface area contributed by atoms with E-state index in [0.717, 1.165) is 11.3 Å². The molecular weight excluding hydrogens is 241 g/mol. The van der Waals surface area contributed by atoms with Gasteiger partial charge in [0.1, 0.15) is 17.3 Å². The van der Waals surface area contributed by atoms with Crippen molar-refractivity contribution in [1.29, 1.82) is 0 Å². The number of carbonyl (C=O) groups is 1. The molecule has 0 aromatic carbocycles. The van der Waals surface area contributed by atoms with Gasteiger partial charge in [-0.3, -0.25) is 9.78 Å². The van der Waals surface area contributed by atoms with E-state index in [1.807, 2.05) is 6.92 Å². The predicted octanol–water partition coefficient (Wildman–Crippen LogP) is 3.16. The molecular formula is C12H10FNO2S. The summed E-state index contributed by atoms with van der Waals surface area (Å²) >= 11 is 1.07. The summed E-state index contributed by atoms with van der Waals surface area (Å²) in [6, 6.07) is 4.66. The van der Waals surface area contributed by atoms with Gasteiger partial charge >= 0.3 is 0 Å². The minimum Gasteiger partial charge on any atom is -0.492 e. The zero-order valence-corrected chi connectivity index (χ0v) is 9.96. The Balaban J connectivity index is 2.51. The van der Waals surface area contributed by atoms with Crippen LogP contribution in [0.1, 0.15) is 16.6 Å². The first kappa shape index (κ1) is 11.7. The number of thiophene rings is 1. The van der Waals surface area contributed by atoms with Crippen LogP contribution in [0.5, 0.6) is 5.75 Å². The van der Waals surface area contributed by atoms with Gasteiger partial charge in [-0.2, -0.15) is 0 Å². The van der Waals surface area contributed by atoms with Crippen LogP contribution in [-0.2, 0) is 0 Å². The smallest absolute Gasteiger partial charge is 0.160 e. The molecule has 0 radical (unpaired) electrons. The Morgan fingerprint density at radius 2 is 2.41 bits per heavy atom. The van der Waals surface area contributed by atoms with Gasteiger partial charge in [0, 0.05) is 6.20 Å². The van der Waals surface area contributed by atoms with Gasteiger partial charge in [-0.25, -0.2) is 4.39 Å². The van der Waals surface area contributed by atoms with Crippen molar-refractivity contribution in [2.75, 3.05) is 6.61 Å². The van der Waals surface area contributed by atoms with Crippen molar-refractivity contribution in [3.05, 3.63) is 35.1 Å². The van der Waals surface area contributed by atoms with Gasteiger partial charge < -0.3 is 4.74 Å². The third-order valence-corrected chi connectivity index (χ3v) is 3.15. The van der Waals surface area contributed by atoms with Crippen molar-refractivity contribution in [1.82, 2.24) is 4.98 Å². The monoisotopic (exact) mass is 251 g/mol. The molecule has 0 amide bonds. The Bertz CT molecular complexity index is 539. The molecule has 2 aromatic heterocycles. The van der Waals surface area contributed by atoms with Gasteiger partial charge in [0.15, 0.2) is 6.29 Å². The molecule has 2 rings (SSSR count). The predicted molar refractivity (Wildman–Crippen MR) is 64.1 cm³/mol. The van der Waals surface area contributed by atoms with Crippen molar-refractivity contribution in [3.8, 4) is 16.3 Å². The highest BCUT2D eigenvalue weighted by molar-refractivity contribution is 7.17. The van der Waals surface area contributed by atoms with Crippen LogP contribution in [0.4, 0.5) is 4.39 Å². The topological polar surface area (TPSA) is 39.2 Å². The fraction of sp³-hybridized carbons (Fsp3) is 0.167. The summed E-state index contributed by atoms with van der Waals surface area (Å²) in [5.41, 5.74) is 0.435.